The van der Waals surface area contributed by atoms with Crippen LogP contribution in [0.15, 0.2) is 18.2 Å². The first-order valence-corrected chi connectivity index (χ1v) is 6.30. The molecule has 1 aromatic carbocycles. The highest BCUT2D eigenvalue weighted by Crippen LogP contribution is 2.39. The van der Waals surface area contributed by atoms with Crippen molar-refractivity contribution < 1.29 is 18.0 Å². The molecule has 0 radical (unpaired) electrons. The lowest BCUT2D eigenvalue weighted by Gasteiger charge is -2.27. The van der Waals surface area contributed by atoms with E-state index >= 15 is 0 Å². The second kappa shape index (κ2) is 5.32. The van der Waals surface area contributed by atoms with Gasteiger partial charge in [-0.2, -0.15) is 13.2 Å². The van der Waals surface area contributed by atoms with Crippen molar-refractivity contribution in [1.82, 2.24) is 0 Å². The molecule has 1 saturated heterocycles. The van der Waals surface area contributed by atoms with Crippen LogP contribution in [0.4, 0.5) is 18.9 Å². The van der Waals surface area contributed by atoms with Gasteiger partial charge in [0, 0.05) is 18.8 Å². The van der Waals surface area contributed by atoms with E-state index in [9.17, 15) is 18.0 Å². The molecule has 0 saturated carbocycles. The molecule has 7 heteroatoms. The molecule has 1 aliphatic rings. The summed E-state index contributed by atoms with van der Waals surface area (Å²) < 4.78 is 39.5. The van der Waals surface area contributed by atoms with Crippen LogP contribution in [0, 0.1) is 0 Å². The molecule has 4 nitrogen and oxygen atoms in total. The lowest BCUT2D eigenvalue weighted by molar-refractivity contribution is -0.137. The van der Waals surface area contributed by atoms with E-state index in [-0.39, 0.29) is 12.2 Å². The zero-order valence-electron chi connectivity index (χ0n) is 10.8. The Bertz CT molecular complexity index is 516. The van der Waals surface area contributed by atoms with Crippen LogP contribution in [0.1, 0.15) is 24.0 Å². The SMILES string of the molecule is NCc1ccc(N2CCCC2C(N)=O)c(C(F)(F)F)c1. The number of benzene rings is 1. The monoisotopic (exact) mass is 287 g/mol. The molecular weight excluding hydrogens is 271 g/mol. The number of amides is 1. The third-order valence-corrected chi connectivity index (χ3v) is 3.49. The van der Waals surface area contributed by atoms with E-state index in [1.54, 1.807) is 6.07 Å². The molecule has 1 aliphatic heterocycles. The predicted octanol–water partition coefficient (Wildman–Crippen LogP) is 1.62. The van der Waals surface area contributed by atoms with Crippen LogP contribution in [0.2, 0.25) is 0 Å². The number of alkyl halides is 3. The number of nitrogens with zero attached hydrogens (tertiary/aromatic N) is 1. The zero-order chi connectivity index (χ0) is 14.9. The number of primary amides is 1. The normalized spacial score (nSPS) is 19.4. The van der Waals surface area contributed by atoms with Gasteiger partial charge >= 0.3 is 6.18 Å². The molecule has 4 N–H and O–H groups in total. The standard InChI is InChI=1S/C13H16F3N3O/c14-13(15,16)9-6-8(7-17)3-4-10(9)19-5-1-2-11(19)12(18)20/h3-4,6,11H,1-2,5,7,17H2,(H2,18,20). The van der Waals surface area contributed by atoms with E-state index in [4.69, 9.17) is 11.5 Å². The van der Waals surface area contributed by atoms with Crippen LogP contribution >= 0.6 is 0 Å². The van der Waals surface area contributed by atoms with E-state index in [2.05, 4.69) is 0 Å². The summed E-state index contributed by atoms with van der Waals surface area (Å²) in [4.78, 5) is 12.8. The van der Waals surface area contributed by atoms with E-state index < -0.39 is 23.7 Å². The molecule has 0 bridgehead atoms. The van der Waals surface area contributed by atoms with Crippen molar-refractivity contribution in [2.75, 3.05) is 11.4 Å². The van der Waals surface area contributed by atoms with Crippen LogP contribution in [-0.2, 0) is 17.5 Å². The number of anilines is 1. The van der Waals surface area contributed by atoms with Gasteiger partial charge in [-0.15, -0.1) is 0 Å². The molecule has 2 rings (SSSR count). The van der Waals surface area contributed by atoms with Crippen LogP contribution < -0.4 is 16.4 Å². The van der Waals surface area contributed by atoms with Crippen LogP contribution in [0.5, 0.6) is 0 Å². The number of halogens is 3. The lowest BCUT2D eigenvalue weighted by atomic mass is 10.1. The zero-order valence-corrected chi connectivity index (χ0v) is 10.8. The summed E-state index contributed by atoms with van der Waals surface area (Å²) in [6.07, 6.45) is -3.37. The first kappa shape index (κ1) is 14.6. The molecule has 0 spiro atoms. The molecule has 0 aliphatic carbocycles. The number of carbonyl (C=O) groups excluding carboxylic acids is 1. The smallest absolute Gasteiger partial charge is 0.368 e. The van der Waals surface area contributed by atoms with Crippen molar-refractivity contribution in [3.63, 3.8) is 0 Å². The van der Waals surface area contributed by atoms with Crippen molar-refractivity contribution in [3.05, 3.63) is 29.3 Å². The van der Waals surface area contributed by atoms with Crippen molar-refractivity contribution in [1.29, 1.82) is 0 Å². The Hall–Kier alpha value is -1.76. The highest BCUT2D eigenvalue weighted by molar-refractivity contribution is 5.84. The second-order valence-corrected chi connectivity index (χ2v) is 4.81. The summed E-state index contributed by atoms with van der Waals surface area (Å²) in [7, 11) is 0. The minimum Gasteiger partial charge on any atom is -0.368 e. The summed E-state index contributed by atoms with van der Waals surface area (Å²) in [5.41, 5.74) is 10.3. The molecule has 110 valence electrons. The van der Waals surface area contributed by atoms with Gasteiger partial charge in [0.2, 0.25) is 5.91 Å². The van der Waals surface area contributed by atoms with Gasteiger partial charge in [0.05, 0.1) is 5.56 Å². The van der Waals surface area contributed by atoms with Gasteiger partial charge in [0.15, 0.2) is 0 Å². The second-order valence-electron chi connectivity index (χ2n) is 4.81. The van der Waals surface area contributed by atoms with Gasteiger partial charge in [-0.3, -0.25) is 4.79 Å². The molecule has 1 amide bonds. The molecule has 1 aromatic rings. The number of nitrogens with two attached hydrogens (primary N) is 2. The molecule has 1 fully saturated rings. The summed E-state index contributed by atoms with van der Waals surface area (Å²) in [5.74, 6) is -0.599. The molecule has 0 aromatic heterocycles. The van der Waals surface area contributed by atoms with Gasteiger partial charge in [-0.1, -0.05) is 6.07 Å². The van der Waals surface area contributed by atoms with Gasteiger partial charge in [0.1, 0.15) is 6.04 Å². The summed E-state index contributed by atoms with van der Waals surface area (Å²) in [6, 6.07) is 3.26. The average molecular weight is 287 g/mol. The van der Waals surface area contributed by atoms with Crippen LogP contribution in [-0.4, -0.2) is 18.5 Å². The Morgan fingerprint density at radius 3 is 2.65 bits per heavy atom. The Labute approximate surface area is 114 Å². The number of hydrogen-bond donors (Lipinski definition) is 2. The van der Waals surface area contributed by atoms with Gasteiger partial charge < -0.3 is 16.4 Å². The third-order valence-electron chi connectivity index (χ3n) is 3.49. The van der Waals surface area contributed by atoms with E-state index in [1.165, 1.54) is 11.0 Å². The summed E-state index contributed by atoms with van der Waals surface area (Å²) in [6.45, 7) is 0.418. The third kappa shape index (κ3) is 2.72. The van der Waals surface area contributed by atoms with Gasteiger partial charge in [0.25, 0.3) is 0 Å². The number of hydrogen-bond acceptors (Lipinski definition) is 3. The van der Waals surface area contributed by atoms with Gasteiger partial charge in [-0.25, -0.2) is 0 Å². The predicted molar refractivity (Wildman–Crippen MR) is 68.9 cm³/mol. The quantitative estimate of drug-likeness (QED) is 0.887. The van der Waals surface area contributed by atoms with Crippen molar-refractivity contribution >= 4 is 11.6 Å². The Balaban J connectivity index is 2.48. The maximum atomic E-state index is 13.2. The first-order valence-electron chi connectivity index (χ1n) is 6.30. The maximum absolute atomic E-state index is 13.2. The van der Waals surface area contributed by atoms with E-state index in [1.807, 2.05) is 0 Å². The number of carbonyl (C=O) groups is 1. The van der Waals surface area contributed by atoms with E-state index in [0.717, 1.165) is 6.07 Å². The summed E-state index contributed by atoms with van der Waals surface area (Å²) in [5, 5.41) is 0. The van der Waals surface area contributed by atoms with Crippen LogP contribution in [0.3, 0.4) is 0 Å². The molecule has 20 heavy (non-hydrogen) atoms. The topological polar surface area (TPSA) is 72.3 Å². The minimum absolute atomic E-state index is 0.00370. The molecule has 1 unspecified atom stereocenters. The largest absolute Gasteiger partial charge is 0.418 e. The average Bonchev–Trinajstić information content (AvgIpc) is 2.86. The first-order chi connectivity index (χ1) is 9.34. The molecule has 1 atom stereocenters. The summed E-state index contributed by atoms with van der Waals surface area (Å²) >= 11 is 0. The fourth-order valence-electron chi connectivity index (χ4n) is 2.54. The highest BCUT2D eigenvalue weighted by Gasteiger charge is 2.38. The maximum Gasteiger partial charge on any atom is 0.418 e. The Kier molecular flexibility index (Phi) is 3.89. The highest BCUT2D eigenvalue weighted by atomic mass is 19.4. The minimum atomic E-state index is -4.49. The van der Waals surface area contributed by atoms with Crippen molar-refractivity contribution in [2.24, 2.45) is 11.5 Å². The van der Waals surface area contributed by atoms with Crippen molar-refractivity contribution in [2.45, 2.75) is 31.6 Å². The van der Waals surface area contributed by atoms with E-state index in [0.29, 0.717) is 24.9 Å². The fourth-order valence-corrected chi connectivity index (χ4v) is 2.54. The van der Waals surface area contributed by atoms with Crippen molar-refractivity contribution in [3.8, 4) is 0 Å². The Morgan fingerprint density at radius 2 is 2.10 bits per heavy atom. The number of rotatable bonds is 3. The Morgan fingerprint density at radius 1 is 1.40 bits per heavy atom. The fraction of sp³-hybridized carbons (Fsp3) is 0.462. The van der Waals surface area contributed by atoms with Crippen LogP contribution in [0.25, 0.3) is 0 Å². The molecular formula is C13H16F3N3O. The molecule has 1 heterocycles. The lowest BCUT2D eigenvalue weighted by Crippen LogP contribution is -2.41. The van der Waals surface area contributed by atoms with Gasteiger partial charge in [-0.05, 0) is 30.5 Å².